The number of carbonyl (C=O) groups is 1. The zero-order valence-corrected chi connectivity index (χ0v) is 10.9. The fourth-order valence-corrected chi connectivity index (χ4v) is 2.57. The van der Waals surface area contributed by atoms with Gasteiger partial charge in [-0.1, -0.05) is 38.1 Å². The molecule has 1 atom stereocenters. The van der Waals surface area contributed by atoms with E-state index in [9.17, 15) is 4.79 Å². The Morgan fingerprint density at radius 2 is 1.76 bits per heavy atom. The van der Waals surface area contributed by atoms with Gasteiger partial charge in [-0.25, -0.2) is 0 Å². The molecule has 0 aliphatic heterocycles. The Hall–Kier alpha value is -1.00. The van der Waals surface area contributed by atoms with Crippen LogP contribution in [0.4, 0.5) is 0 Å². The molecule has 1 rings (SSSR count). The molecule has 0 spiro atoms. The molecule has 3 nitrogen and oxygen atoms in total. The zero-order chi connectivity index (χ0) is 12.8. The average molecular weight is 254 g/mol. The standard InChI is InChI=1S/C13H18O3S/c1-9(2)12(13(15)16)17-8-11-5-3-10(7-14)4-6-11/h3-6,9,12,14H,7-8H2,1-2H3,(H,15,16). The molecular weight excluding hydrogens is 236 g/mol. The first kappa shape index (κ1) is 14.1. The van der Waals surface area contributed by atoms with Crippen molar-refractivity contribution in [3.05, 3.63) is 35.4 Å². The van der Waals surface area contributed by atoms with Crippen LogP contribution in [0.25, 0.3) is 0 Å². The topological polar surface area (TPSA) is 57.5 Å². The largest absolute Gasteiger partial charge is 0.480 e. The second-order valence-electron chi connectivity index (χ2n) is 4.29. The second-order valence-corrected chi connectivity index (χ2v) is 5.42. The lowest BCUT2D eigenvalue weighted by Crippen LogP contribution is -2.22. The molecule has 4 heteroatoms. The zero-order valence-electron chi connectivity index (χ0n) is 10.1. The molecule has 2 N–H and O–H groups in total. The quantitative estimate of drug-likeness (QED) is 0.819. The Morgan fingerprint density at radius 3 is 2.18 bits per heavy atom. The third kappa shape index (κ3) is 4.40. The van der Waals surface area contributed by atoms with Gasteiger partial charge in [-0.05, 0) is 17.0 Å². The van der Waals surface area contributed by atoms with Gasteiger partial charge < -0.3 is 10.2 Å². The van der Waals surface area contributed by atoms with E-state index in [1.165, 1.54) is 11.8 Å². The minimum atomic E-state index is -0.753. The summed E-state index contributed by atoms with van der Waals surface area (Å²) in [6, 6.07) is 7.58. The Kier molecular flexibility index (Phi) is 5.51. The Morgan fingerprint density at radius 1 is 1.24 bits per heavy atom. The molecule has 0 aromatic heterocycles. The molecule has 1 aromatic carbocycles. The monoisotopic (exact) mass is 254 g/mol. The molecule has 0 aliphatic rings. The highest BCUT2D eigenvalue weighted by molar-refractivity contribution is 7.99. The molecule has 0 aliphatic carbocycles. The van der Waals surface area contributed by atoms with Crippen molar-refractivity contribution in [3.63, 3.8) is 0 Å². The summed E-state index contributed by atoms with van der Waals surface area (Å²) in [4.78, 5) is 11.0. The van der Waals surface area contributed by atoms with Crippen molar-refractivity contribution in [1.82, 2.24) is 0 Å². The Bertz CT molecular complexity index is 359. The van der Waals surface area contributed by atoms with Crippen LogP contribution in [-0.4, -0.2) is 21.4 Å². The van der Waals surface area contributed by atoms with Crippen molar-refractivity contribution in [1.29, 1.82) is 0 Å². The molecular formula is C13H18O3S. The van der Waals surface area contributed by atoms with E-state index in [-0.39, 0.29) is 17.8 Å². The molecule has 0 saturated carbocycles. The fourth-order valence-electron chi connectivity index (χ4n) is 1.48. The number of aliphatic hydroxyl groups excluding tert-OH is 1. The van der Waals surface area contributed by atoms with E-state index in [2.05, 4.69) is 0 Å². The maximum absolute atomic E-state index is 11.0. The lowest BCUT2D eigenvalue weighted by atomic mass is 10.1. The van der Waals surface area contributed by atoms with Gasteiger partial charge in [0, 0.05) is 5.75 Å². The van der Waals surface area contributed by atoms with Crippen molar-refractivity contribution in [2.75, 3.05) is 0 Å². The molecule has 0 bridgehead atoms. The van der Waals surface area contributed by atoms with Crippen LogP contribution >= 0.6 is 11.8 Å². The van der Waals surface area contributed by atoms with Crippen molar-refractivity contribution in [2.24, 2.45) is 5.92 Å². The highest BCUT2D eigenvalue weighted by Crippen LogP contribution is 2.24. The van der Waals surface area contributed by atoms with Crippen LogP contribution in [-0.2, 0) is 17.2 Å². The van der Waals surface area contributed by atoms with Gasteiger partial charge in [0.1, 0.15) is 5.25 Å². The summed E-state index contributed by atoms with van der Waals surface area (Å²) in [7, 11) is 0. The minimum absolute atomic E-state index is 0.0389. The molecule has 0 fully saturated rings. The third-order valence-electron chi connectivity index (χ3n) is 2.48. The van der Waals surface area contributed by atoms with Gasteiger partial charge in [-0.15, -0.1) is 11.8 Å². The lowest BCUT2D eigenvalue weighted by Gasteiger charge is -2.15. The summed E-state index contributed by atoms with van der Waals surface area (Å²) in [5.74, 6) is 0.0482. The van der Waals surface area contributed by atoms with E-state index < -0.39 is 5.97 Å². The van der Waals surface area contributed by atoms with Crippen LogP contribution in [0.15, 0.2) is 24.3 Å². The van der Waals surface area contributed by atoms with Crippen LogP contribution in [0.5, 0.6) is 0 Å². The molecule has 1 unspecified atom stereocenters. The Labute approximate surface area is 106 Å². The molecule has 17 heavy (non-hydrogen) atoms. The third-order valence-corrected chi connectivity index (χ3v) is 4.09. The molecule has 1 aromatic rings. The fraction of sp³-hybridized carbons (Fsp3) is 0.462. The summed E-state index contributed by atoms with van der Waals surface area (Å²) in [5.41, 5.74) is 1.96. The van der Waals surface area contributed by atoms with Gasteiger partial charge in [0.2, 0.25) is 0 Å². The van der Waals surface area contributed by atoms with Crippen molar-refractivity contribution in [3.8, 4) is 0 Å². The minimum Gasteiger partial charge on any atom is -0.480 e. The van der Waals surface area contributed by atoms with Gasteiger partial charge in [-0.3, -0.25) is 4.79 Å². The number of rotatable bonds is 6. The van der Waals surface area contributed by atoms with E-state index >= 15 is 0 Å². The second kappa shape index (κ2) is 6.67. The molecule has 0 amide bonds. The first-order valence-electron chi connectivity index (χ1n) is 5.57. The predicted molar refractivity (Wildman–Crippen MR) is 69.9 cm³/mol. The number of hydrogen-bond acceptors (Lipinski definition) is 3. The number of carboxylic acids is 1. The number of aliphatic hydroxyl groups is 1. The van der Waals surface area contributed by atoms with Gasteiger partial charge in [0.25, 0.3) is 0 Å². The molecule has 0 saturated heterocycles. The van der Waals surface area contributed by atoms with E-state index in [1.54, 1.807) is 0 Å². The van der Waals surface area contributed by atoms with Crippen molar-refractivity contribution < 1.29 is 15.0 Å². The number of carboxylic acid groups (broad SMARTS) is 1. The summed E-state index contributed by atoms with van der Waals surface area (Å²) in [6.07, 6.45) is 0. The van der Waals surface area contributed by atoms with Crippen LogP contribution in [0.2, 0.25) is 0 Å². The maximum atomic E-state index is 11.0. The van der Waals surface area contributed by atoms with Crippen LogP contribution in [0, 0.1) is 5.92 Å². The van der Waals surface area contributed by atoms with Gasteiger partial charge in [0.05, 0.1) is 6.61 Å². The number of aliphatic carboxylic acids is 1. The lowest BCUT2D eigenvalue weighted by molar-refractivity contribution is -0.137. The smallest absolute Gasteiger partial charge is 0.316 e. The van der Waals surface area contributed by atoms with Gasteiger partial charge >= 0.3 is 5.97 Å². The van der Waals surface area contributed by atoms with Crippen LogP contribution in [0.3, 0.4) is 0 Å². The van der Waals surface area contributed by atoms with E-state index in [1.807, 2.05) is 38.1 Å². The number of benzene rings is 1. The first-order valence-corrected chi connectivity index (χ1v) is 6.62. The Balaban J connectivity index is 2.56. The summed E-state index contributed by atoms with van der Waals surface area (Å²) in [6.45, 7) is 3.87. The summed E-state index contributed by atoms with van der Waals surface area (Å²) < 4.78 is 0. The summed E-state index contributed by atoms with van der Waals surface area (Å²) >= 11 is 1.44. The van der Waals surface area contributed by atoms with E-state index in [4.69, 9.17) is 10.2 Å². The highest BCUT2D eigenvalue weighted by Gasteiger charge is 2.21. The number of thioether (sulfide) groups is 1. The normalized spacial score (nSPS) is 12.7. The SMILES string of the molecule is CC(C)C(SCc1ccc(CO)cc1)C(=O)O. The molecule has 0 heterocycles. The van der Waals surface area contributed by atoms with Gasteiger partial charge in [-0.2, -0.15) is 0 Å². The van der Waals surface area contributed by atoms with Crippen molar-refractivity contribution in [2.45, 2.75) is 31.5 Å². The number of hydrogen-bond donors (Lipinski definition) is 2. The van der Waals surface area contributed by atoms with Crippen LogP contribution in [0.1, 0.15) is 25.0 Å². The molecule has 94 valence electrons. The summed E-state index contributed by atoms with van der Waals surface area (Å²) in [5, 5.41) is 17.6. The van der Waals surface area contributed by atoms with Crippen molar-refractivity contribution >= 4 is 17.7 Å². The van der Waals surface area contributed by atoms with E-state index in [0.717, 1.165) is 11.1 Å². The predicted octanol–water partition coefficient (Wildman–Crippen LogP) is 2.52. The average Bonchev–Trinajstić information content (AvgIpc) is 2.29. The van der Waals surface area contributed by atoms with E-state index in [0.29, 0.717) is 5.75 Å². The van der Waals surface area contributed by atoms with Crippen LogP contribution < -0.4 is 0 Å². The molecule has 0 radical (unpaired) electrons. The first-order chi connectivity index (χ1) is 8.04. The highest BCUT2D eigenvalue weighted by atomic mass is 32.2. The maximum Gasteiger partial charge on any atom is 0.316 e. The van der Waals surface area contributed by atoms with Gasteiger partial charge in [0.15, 0.2) is 0 Å².